The van der Waals surface area contributed by atoms with Gasteiger partial charge >= 0.3 is 0 Å². The summed E-state index contributed by atoms with van der Waals surface area (Å²) in [5.74, 6) is 0. The van der Waals surface area contributed by atoms with Gasteiger partial charge in [-0.3, -0.25) is 0 Å². The van der Waals surface area contributed by atoms with E-state index >= 15 is 0 Å². The molecule has 0 fully saturated rings. The molecule has 0 atom stereocenters. The van der Waals surface area contributed by atoms with Gasteiger partial charge in [0.05, 0.1) is 11.6 Å². The highest BCUT2D eigenvalue weighted by Crippen LogP contribution is 2.14. The smallest absolute Gasteiger partial charge is 0.0992 e. The largest absolute Gasteiger partial charge is 0.412 e. The predicted octanol–water partition coefficient (Wildman–Crippen LogP) is 2.70. The summed E-state index contributed by atoms with van der Waals surface area (Å²) in [6.45, 7) is 0.959. The minimum Gasteiger partial charge on any atom is -0.412 e. The molecule has 0 aliphatic heterocycles. The summed E-state index contributed by atoms with van der Waals surface area (Å²) in [4.78, 5) is 0.694. The molecule has 0 bridgehead atoms. The monoisotopic (exact) mass is 290 g/mol. The van der Waals surface area contributed by atoms with E-state index in [1.807, 2.05) is 31.3 Å². The van der Waals surface area contributed by atoms with Crippen LogP contribution in [0.1, 0.15) is 11.1 Å². The Balaban J connectivity index is 0.000000345. The fourth-order valence-corrected chi connectivity index (χ4v) is 1.74. The Bertz CT molecular complexity index is 527. The number of nitrogens with one attached hydrogen (secondary N) is 1. The maximum Gasteiger partial charge on any atom is 0.0992 e. The van der Waals surface area contributed by atoms with Crippen LogP contribution in [-0.2, 0) is 6.54 Å². The summed E-state index contributed by atoms with van der Waals surface area (Å²) in [6.07, 6.45) is 0. The zero-order chi connectivity index (χ0) is 13.9. The summed E-state index contributed by atoms with van der Waals surface area (Å²) in [5.41, 5.74) is 1.90. The molecule has 0 amide bonds. The average molecular weight is 290 g/mol. The van der Waals surface area contributed by atoms with Gasteiger partial charge in [-0.2, -0.15) is 5.26 Å². The number of rotatable bonds is 3. The van der Waals surface area contributed by atoms with E-state index in [-0.39, 0.29) is 5.48 Å². The highest BCUT2D eigenvalue weighted by Gasteiger charge is 1.91. The quantitative estimate of drug-likeness (QED) is 0.851. The molecule has 5 heteroatoms. The number of nitriles is 1. The van der Waals surface area contributed by atoms with Gasteiger partial charge in [-0.1, -0.05) is 36.4 Å². The molecular formula is C15H18N2O2S. The summed E-state index contributed by atoms with van der Waals surface area (Å²) >= 11 is 0.647. The van der Waals surface area contributed by atoms with Crippen LogP contribution in [-0.4, -0.2) is 17.1 Å². The Labute approximate surface area is 123 Å². The Morgan fingerprint density at radius 1 is 1.15 bits per heavy atom. The molecule has 0 aromatic heterocycles. The molecule has 0 spiro atoms. The Kier molecular flexibility index (Phi) is 10.0. The molecule has 2 rings (SSSR count). The molecule has 4 N–H and O–H groups in total. The normalized spacial score (nSPS) is 8.65. The third kappa shape index (κ3) is 6.92. The Hall–Kier alpha value is -1.84. The first-order chi connectivity index (χ1) is 9.30. The van der Waals surface area contributed by atoms with Crippen molar-refractivity contribution in [3.8, 4) is 6.07 Å². The lowest BCUT2D eigenvalue weighted by Gasteiger charge is -1.95. The molecule has 0 saturated heterocycles. The lowest BCUT2D eigenvalue weighted by atomic mass is 10.2. The number of nitrogens with zero attached hydrogens (tertiary/aromatic N) is 1. The van der Waals surface area contributed by atoms with Crippen molar-refractivity contribution in [2.45, 2.75) is 11.4 Å². The van der Waals surface area contributed by atoms with E-state index in [2.05, 4.69) is 17.4 Å². The molecule has 106 valence electrons. The van der Waals surface area contributed by atoms with Gasteiger partial charge in [-0.05, 0) is 30.8 Å². The van der Waals surface area contributed by atoms with Crippen molar-refractivity contribution in [3.63, 3.8) is 0 Å². The van der Waals surface area contributed by atoms with E-state index in [9.17, 15) is 0 Å². The first kappa shape index (κ1) is 18.2. The zero-order valence-electron chi connectivity index (χ0n) is 11.2. The van der Waals surface area contributed by atoms with E-state index in [4.69, 9.17) is 9.81 Å². The molecule has 0 aliphatic rings. The van der Waals surface area contributed by atoms with Gasteiger partial charge < -0.3 is 15.3 Å². The molecule has 2 aromatic carbocycles. The summed E-state index contributed by atoms with van der Waals surface area (Å²) in [5, 5.41) is 11.5. The summed E-state index contributed by atoms with van der Waals surface area (Å²) < 4.78 is 8.56. The Morgan fingerprint density at radius 2 is 1.85 bits per heavy atom. The van der Waals surface area contributed by atoms with E-state index in [0.717, 1.165) is 6.54 Å². The van der Waals surface area contributed by atoms with Gasteiger partial charge in [0.15, 0.2) is 0 Å². The van der Waals surface area contributed by atoms with Crippen LogP contribution in [0.15, 0.2) is 59.5 Å². The minimum atomic E-state index is 0. The highest BCUT2D eigenvalue weighted by molar-refractivity contribution is 7.93. The maximum absolute atomic E-state index is 8.56. The van der Waals surface area contributed by atoms with Crippen molar-refractivity contribution < 1.29 is 10.0 Å². The van der Waals surface area contributed by atoms with E-state index < -0.39 is 0 Å². The second kappa shape index (κ2) is 11.0. The van der Waals surface area contributed by atoms with Gasteiger partial charge in [-0.25, -0.2) is 0 Å². The van der Waals surface area contributed by atoms with Crippen LogP contribution in [0.2, 0.25) is 0 Å². The third-order valence-corrected chi connectivity index (χ3v) is 2.76. The fourth-order valence-electron chi connectivity index (χ4n) is 1.42. The SMILES string of the molecule is CNCc1ccccc1.N#Cc1cccc(SO)c1.O. The van der Waals surface area contributed by atoms with Gasteiger partial charge in [0.2, 0.25) is 0 Å². The van der Waals surface area contributed by atoms with Crippen LogP contribution in [0.3, 0.4) is 0 Å². The minimum absolute atomic E-state index is 0. The second-order valence-corrected chi connectivity index (χ2v) is 4.40. The molecule has 0 aliphatic carbocycles. The summed E-state index contributed by atoms with van der Waals surface area (Å²) in [7, 11) is 1.95. The topological polar surface area (TPSA) is 87.5 Å². The van der Waals surface area contributed by atoms with Crippen LogP contribution in [0.4, 0.5) is 0 Å². The molecule has 0 heterocycles. The van der Waals surface area contributed by atoms with E-state index in [1.54, 1.807) is 24.3 Å². The first-order valence-electron chi connectivity index (χ1n) is 5.80. The summed E-state index contributed by atoms with van der Waals surface area (Å²) in [6, 6.07) is 19.1. The van der Waals surface area contributed by atoms with Crippen molar-refractivity contribution in [2.75, 3.05) is 7.05 Å². The molecule has 0 saturated carbocycles. The number of hydrogen-bond donors (Lipinski definition) is 2. The number of benzene rings is 2. The second-order valence-electron chi connectivity index (χ2n) is 3.75. The third-order valence-electron chi connectivity index (χ3n) is 2.29. The van der Waals surface area contributed by atoms with Gasteiger partial charge in [0, 0.05) is 23.5 Å². The first-order valence-corrected chi connectivity index (χ1v) is 6.57. The van der Waals surface area contributed by atoms with Crippen LogP contribution in [0.25, 0.3) is 0 Å². The van der Waals surface area contributed by atoms with Crippen LogP contribution >= 0.6 is 12.0 Å². The Morgan fingerprint density at radius 3 is 2.40 bits per heavy atom. The van der Waals surface area contributed by atoms with Crippen molar-refractivity contribution in [1.29, 1.82) is 5.26 Å². The maximum atomic E-state index is 8.56. The van der Waals surface area contributed by atoms with Gasteiger partial charge in [0.1, 0.15) is 0 Å². The molecule has 20 heavy (non-hydrogen) atoms. The van der Waals surface area contributed by atoms with Crippen molar-refractivity contribution >= 4 is 12.0 Å². The van der Waals surface area contributed by atoms with Crippen molar-refractivity contribution in [2.24, 2.45) is 0 Å². The standard InChI is InChI=1S/C8H11N.C7H5NOS.H2O/c1-9-7-8-5-3-2-4-6-8;8-5-6-2-1-3-7(4-6)10-9;/h2-6,9H,7H2,1H3;1-4,9H;1H2. The molecule has 2 aromatic rings. The van der Waals surface area contributed by atoms with Crippen LogP contribution in [0.5, 0.6) is 0 Å². The predicted molar refractivity (Wildman–Crippen MR) is 82.5 cm³/mol. The zero-order valence-corrected chi connectivity index (χ0v) is 12.0. The molecule has 0 radical (unpaired) electrons. The highest BCUT2D eigenvalue weighted by atomic mass is 32.2. The average Bonchev–Trinajstić information content (AvgIpc) is 2.49. The van der Waals surface area contributed by atoms with Crippen molar-refractivity contribution in [1.82, 2.24) is 5.32 Å². The fraction of sp³-hybridized carbons (Fsp3) is 0.133. The molecule has 4 nitrogen and oxygen atoms in total. The van der Waals surface area contributed by atoms with Crippen LogP contribution < -0.4 is 5.32 Å². The van der Waals surface area contributed by atoms with Gasteiger partial charge in [-0.15, -0.1) is 0 Å². The number of hydrogen-bond acceptors (Lipinski definition) is 4. The van der Waals surface area contributed by atoms with Crippen LogP contribution in [0, 0.1) is 11.3 Å². The van der Waals surface area contributed by atoms with Crippen molar-refractivity contribution in [3.05, 3.63) is 65.7 Å². The lowest BCUT2D eigenvalue weighted by molar-refractivity contribution is 0.664. The van der Waals surface area contributed by atoms with Gasteiger partial charge in [0.25, 0.3) is 0 Å². The molecular weight excluding hydrogens is 272 g/mol. The molecule has 0 unspecified atom stereocenters. The van der Waals surface area contributed by atoms with E-state index in [1.165, 1.54) is 5.56 Å². The lowest BCUT2D eigenvalue weighted by Crippen LogP contribution is -2.04. The van der Waals surface area contributed by atoms with E-state index in [0.29, 0.717) is 22.5 Å².